The highest BCUT2D eigenvalue weighted by Gasteiger charge is 2.40. The minimum absolute atomic E-state index is 0.0638. The van der Waals surface area contributed by atoms with Crippen molar-refractivity contribution in [3.8, 4) is 0 Å². The van der Waals surface area contributed by atoms with Gasteiger partial charge in [0.25, 0.3) is 0 Å². The molecule has 2 heterocycles. The molecule has 0 radical (unpaired) electrons. The Morgan fingerprint density at radius 3 is 2.77 bits per heavy atom. The summed E-state index contributed by atoms with van der Waals surface area (Å²) in [6.45, 7) is 0. The maximum Gasteiger partial charge on any atom is 0.228 e. The molecule has 0 aromatic carbocycles. The van der Waals surface area contributed by atoms with Crippen LogP contribution in [0, 0.1) is 17.8 Å². The first-order chi connectivity index (χ1) is 10.7. The summed E-state index contributed by atoms with van der Waals surface area (Å²) in [5, 5.41) is 7.23. The summed E-state index contributed by atoms with van der Waals surface area (Å²) in [7, 11) is 0. The molecule has 2 aromatic heterocycles. The molecule has 2 saturated carbocycles. The van der Waals surface area contributed by atoms with E-state index in [0.29, 0.717) is 17.7 Å². The molecule has 1 amide bonds. The molecule has 0 spiro atoms. The summed E-state index contributed by atoms with van der Waals surface area (Å²) in [4.78, 5) is 16.9. The van der Waals surface area contributed by atoms with E-state index in [1.54, 1.807) is 23.0 Å². The van der Waals surface area contributed by atoms with E-state index in [4.69, 9.17) is 5.73 Å². The molecule has 6 nitrogen and oxygen atoms in total. The number of hydrogen-bond acceptors (Lipinski definition) is 4. The monoisotopic (exact) mass is 299 g/mol. The van der Waals surface area contributed by atoms with Crippen molar-refractivity contribution >= 4 is 17.4 Å². The van der Waals surface area contributed by atoms with Gasteiger partial charge in [-0.15, -0.1) is 0 Å². The van der Waals surface area contributed by atoms with Crippen molar-refractivity contribution in [1.82, 2.24) is 14.6 Å². The van der Waals surface area contributed by atoms with Crippen LogP contribution in [0.25, 0.3) is 5.65 Å². The van der Waals surface area contributed by atoms with Gasteiger partial charge in [0, 0.05) is 24.2 Å². The van der Waals surface area contributed by atoms with Gasteiger partial charge < -0.3 is 11.1 Å². The maximum absolute atomic E-state index is 12.7. The number of rotatable bonds is 2. The SMILES string of the molecule is NC1C2CCCC1CC(C(=O)Nc1ccnc3ccnn13)C2. The zero-order valence-electron chi connectivity index (χ0n) is 12.5. The number of anilines is 1. The van der Waals surface area contributed by atoms with Crippen LogP contribution >= 0.6 is 0 Å². The lowest BCUT2D eigenvalue weighted by molar-refractivity contribution is -0.122. The van der Waals surface area contributed by atoms with Crippen molar-refractivity contribution in [3.63, 3.8) is 0 Å². The van der Waals surface area contributed by atoms with Crippen LogP contribution in [0.2, 0.25) is 0 Å². The summed E-state index contributed by atoms with van der Waals surface area (Å²) >= 11 is 0. The standard InChI is InChI=1S/C16H21N5O/c17-15-10-2-1-3-11(15)9-12(8-10)16(22)20-14-4-6-18-13-5-7-19-21(13)14/h4-7,10-12,15H,1-3,8-9,17H2,(H,20,22). The van der Waals surface area contributed by atoms with E-state index in [2.05, 4.69) is 15.4 Å². The molecule has 2 aromatic rings. The normalized spacial score (nSPS) is 31.1. The van der Waals surface area contributed by atoms with Gasteiger partial charge >= 0.3 is 0 Å². The highest BCUT2D eigenvalue weighted by molar-refractivity contribution is 5.92. The topological polar surface area (TPSA) is 85.3 Å². The van der Waals surface area contributed by atoms with Gasteiger partial charge in [-0.05, 0) is 43.6 Å². The molecular weight excluding hydrogens is 278 g/mol. The largest absolute Gasteiger partial charge is 0.327 e. The summed E-state index contributed by atoms with van der Waals surface area (Å²) in [5.74, 6) is 1.84. The summed E-state index contributed by atoms with van der Waals surface area (Å²) < 4.78 is 1.66. The number of aromatic nitrogens is 3. The van der Waals surface area contributed by atoms with Crippen molar-refractivity contribution in [2.75, 3.05) is 5.32 Å². The molecule has 2 unspecified atom stereocenters. The van der Waals surface area contributed by atoms with Crippen molar-refractivity contribution in [2.24, 2.45) is 23.5 Å². The van der Waals surface area contributed by atoms with Gasteiger partial charge in [-0.25, -0.2) is 4.98 Å². The van der Waals surface area contributed by atoms with Crippen LogP contribution in [-0.2, 0) is 4.79 Å². The fourth-order valence-electron chi connectivity index (χ4n) is 4.16. The average Bonchev–Trinajstić information content (AvgIpc) is 2.96. The summed E-state index contributed by atoms with van der Waals surface area (Å²) in [5.41, 5.74) is 7.04. The zero-order valence-corrected chi connectivity index (χ0v) is 12.5. The van der Waals surface area contributed by atoms with Gasteiger partial charge in [0.15, 0.2) is 5.65 Å². The van der Waals surface area contributed by atoms with Crippen molar-refractivity contribution < 1.29 is 4.79 Å². The zero-order chi connectivity index (χ0) is 15.1. The lowest BCUT2D eigenvalue weighted by Gasteiger charge is -2.43. The summed E-state index contributed by atoms with van der Waals surface area (Å²) in [6, 6.07) is 3.89. The van der Waals surface area contributed by atoms with E-state index in [0.717, 1.165) is 18.5 Å². The van der Waals surface area contributed by atoms with Gasteiger partial charge in [-0.2, -0.15) is 9.61 Å². The first-order valence-electron chi connectivity index (χ1n) is 8.07. The van der Waals surface area contributed by atoms with Gasteiger partial charge in [0.05, 0.1) is 6.20 Å². The number of carbonyl (C=O) groups excluding carboxylic acids is 1. The van der Waals surface area contributed by atoms with Crippen molar-refractivity contribution in [1.29, 1.82) is 0 Å². The van der Waals surface area contributed by atoms with E-state index in [9.17, 15) is 4.79 Å². The van der Waals surface area contributed by atoms with Crippen LogP contribution in [0.4, 0.5) is 5.82 Å². The fourth-order valence-corrected chi connectivity index (χ4v) is 4.16. The number of nitrogens with one attached hydrogen (secondary N) is 1. The Balaban J connectivity index is 1.52. The lowest BCUT2D eigenvalue weighted by atomic mass is 9.65. The van der Waals surface area contributed by atoms with E-state index in [-0.39, 0.29) is 17.9 Å². The van der Waals surface area contributed by atoms with Gasteiger partial charge in [0.1, 0.15) is 5.82 Å². The maximum atomic E-state index is 12.7. The summed E-state index contributed by atoms with van der Waals surface area (Å²) in [6.07, 6.45) is 8.80. The second-order valence-electron chi connectivity index (χ2n) is 6.62. The number of carbonyl (C=O) groups is 1. The predicted molar refractivity (Wildman–Crippen MR) is 83.1 cm³/mol. The molecular formula is C16H21N5O. The predicted octanol–water partition coefficient (Wildman–Crippen LogP) is 1.82. The van der Waals surface area contributed by atoms with Crippen LogP contribution in [-0.4, -0.2) is 26.5 Å². The Bertz CT molecular complexity index is 683. The Labute approximate surface area is 129 Å². The number of nitrogens with zero attached hydrogens (tertiary/aromatic N) is 3. The molecule has 2 bridgehead atoms. The Morgan fingerprint density at radius 1 is 1.23 bits per heavy atom. The van der Waals surface area contributed by atoms with Gasteiger partial charge in [0.2, 0.25) is 5.91 Å². The fraction of sp³-hybridized carbons (Fsp3) is 0.562. The van der Waals surface area contributed by atoms with Crippen LogP contribution < -0.4 is 11.1 Å². The van der Waals surface area contributed by atoms with E-state index in [1.165, 1.54) is 19.3 Å². The van der Waals surface area contributed by atoms with E-state index in [1.807, 2.05) is 6.07 Å². The van der Waals surface area contributed by atoms with Crippen LogP contribution in [0.5, 0.6) is 0 Å². The highest BCUT2D eigenvalue weighted by Crippen LogP contribution is 2.42. The van der Waals surface area contributed by atoms with Crippen molar-refractivity contribution in [2.45, 2.75) is 38.1 Å². The molecule has 22 heavy (non-hydrogen) atoms. The molecule has 2 atom stereocenters. The molecule has 0 saturated heterocycles. The number of fused-ring (bicyclic) bond motifs is 3. The molecule has 4 rings (SSSR count). The Hall–Kier alpha value is -1.95. The number of amides is 1. The highest BCUT2D eigenvalue weighted by atomic mass is 16.2. The van der Waals surface area contributed by atoms with Gasteiger partial charge in [-0.1, -0.05) is 6.42 Å². The quantitative estimate of drug-likeness (QED) is 0.885. The minimum Gasteiger partial charge on any atom is -0.327 e. The first kappa shape index (κ1) is 13.7. The Kier molecular flexibility index (Phi) is 3.33. The Morgan fingerprint density at radius 2 is 2.00 bits per heavy atom. The third-order valence-electron chi connectivity index (χ3n) is 5.33. The molecule has 2 aliphatic carbocycles. The second kappa shape index (κ2) is 5.35. The third kappa shape index (κ3) is 2.27. The molecule has 3 N–H and O–H groups in total. The minimum atomic E-state index is 0.0638. The van der Waals surface area contributed by atoms with E-state index >= 15 is 0 Å². The van der Waals surface area contributed by atoms with Crippen LogP contribution in [0.15, 0.2) is 24.5 Å². The smallest absolute Gasteiger partial charge is 0.228 e. The molecule has 0 aliphatic heterocycles. The number of hydrogen-bond donors (Lipinski definition) is 2. The second-order valence-corrected chi connectivity index (χ2v) is 6.62. The number of nitrogens with two attached hydrogens (primary N) is 1. The van der Waals surface area contributed by atoms with Gasteiger partial charge in [-0.3, -0.25) is 4.79 Å². The van der Waals surface area contributed by atoms with Crippen LogP contribution in [0.1, 0.15) is 32.1 Å². The average molecular weight is 299 g/mol. The molecule has 2 fully saturated rings. The third-order valence-corrected chi connectivity index (χ3v) is 5.33. The molecule has 2 aliphatic rings. The van der Waals surface area contributed by atoms with E-state index < -0.39 is 0 Å². The lowest BCUT2D eigenvalue weighted by Crippen LogP contribution is -2.48. The molecule has 6 heteroatoms. The van der Waals surface area contributed by atoms with Crippen LogP contribution in [0.3, 0.4) is 0 Å². The van der Waals surface area contributed by atoms with Crippen molar-refractivity contribution in [3.05, 3.63) is 24.5 Å². The first-order valence-corrected chi connectivity index (χ1v) is 8.07. The molecule has 116 valence electrons.